The van der Waals surface area contributed by atoms with E-state index in [0.29, 0.717) is 5.75 Å². The molecule has 0 radical (unpaired) electrons. The number of fused-ring (bicyclic) bond motifs is 1. The average Bonchev–Trinajstić information content (AvgIpc) is 3.07. The van der Waals surface area contributed by atoms with E-state index in [-0.39, 0.29) is 5.54 Å². The summed E-state index contributed by atoms with van der Waals surface area (Å²) in [5.41, 5.74) is 9.61. The second kappa shape index (κ2) is 3.99. The Labute approximate surface area is 110 Å². The minimum Gasteiger partial charge on any atom is -0.506 e. The lowest BCUT2D eigenvalue weighted by atomic mass is 9.95. The quantitative estimate of drug-likeness (QED) is 0.780. The summed E-state index contributed by atoms with van der Waals surface area (Å²) >= 11 is 3.57. The molecular formula is C14H18BrNO. The van der Waals surface area contributed by atoms with Crippen LogP contribution in [0.1, 0.15) is 48.8 Å². The zero-order chi connectivity index (χ0) is 12.0. The number of halogens is 1. The number of nitrogens with two attached hydrogens (primary N) is 1. The van der Waals surface area contributed by atoms with Crippen molar-refractivity contribution in [3.05, 3.63) is 27.2 Å². The highest BCUT2D eigenvalue weighted by molar-refractivity contribution is 9.10. The molecule has 2 aliphatic rings. The molecule has 92 valence electrons. The van der Waals surface area contributed by atoms with E-state index in [0.717, 1.165) is 35.7 Å². The highest BCUT2D eigenvalue weighted by Crippen LogP contribution is 2.50. The van der Waals surface area contributed by atoms with E-state index in [1.807, 2.05) is 0 Å². The van der Waals surface area contributed by atoms with E-state index in [1.165, 1.54) is 30.4 Å². The van der Waals surface area contributed by atoms with Crippen LogP contribution in [0.2, 0.25) is 0 Å². The molecule has 0 atom stereocenters. The minimum absolute atomic E-state index is 0.256. The molecule has 0 saturated heterocycles. The Morgan fingerprint density at radius 3 is 2.59 bits per heavy atom. The van der Waals surface area contributed by atoms with Crippen LogP contribution in [-0.2, 0) is 18.4 Å². The third-order valence-corrected chi connectivity index (χ3v) is 4.99. The van der Waals surface area contributed by atoms with E-state index in [9.17, 15) is 5.11 Å². The maximum absolute atomic E-state index is 10.3. The minimum atomic E-state index is -0.256. The van der Waals surface area contributed by atoms with Crippen molar-refractivity contribution in [1.82, 2.24) is 0 Å². The Morgan fingerprint density at radius 2 is 1.88 bits per heavy atom. The summed E-state index contributed by atoms with van der Waals surface area (Å²) in [4.78, 5) is 0. The van der Waals surface area contributed by atoms with Gasteiger partial charge in [-0.25, -0.2) is 0 Å². The van der Waals surface area contributed by atoms with Gasteiger partial charge >= 0.3 is 0 Å². The van der Waals surface area contributed by atoms with E-state index in [2.05, 4.69) is 22.0 Å². The first-order valence-corrected chi connectivity index (χ1v) is 7.24. The van der Waals surface area contributed by atoms with Gasteiger partial charge < -0.3 is 10.8 Å². The number of benzene rings is 1. The predicted octanol–water partition coefficient (Wildman–Crippen LogP) is 3.37. The van der Waals surface area contributed by atoms with Crippen LogP contribution in [0.3, 0.4) is 0 Å². The summed E-state index contributed by atoms with van der Waals surface area (Å²) in [6, 6.07) is 2.16. The number of phenolic OH excluding ortho intramolecular Hbond substituents is 1. The third-order valence-electron chi connectivity index (χ3n) is 4.13. The maximum Gasteiger partial charge on any atom is 0.135 e. The summed E-state index contributed by atoms with van der Waals surface area (Å²) < 4.78 is 0.892. The van der Waals surface area contributed by atoms with Gasteiger partial charge in [0.15, 0.2) is 0 Å². The number of hydrogen-bond acceptors (Lipinski definition) is 2. The molecule has 3 heteroatoms. The lowest BCUT2D eigenvalue weighted by molar-refractivity contribution is 0.455. The summed E-state index contributed by atoms with van der Waals surface area (Å²) in [7, 11) is 0. The van der Waals surface area contributed by atoms with Gasteiger partial charge in [-0.3, -0.25) is 0 Å². The maximum atomic E-state index is 10.3. The van der Waals surface area contributed by atoms with Crippen molar-refractivity contribution in [2.24, 2.45) is 5.73 Å². The van der Waals surface area contributed by atoms with Gasteiger partial charge in [0.05, 0.1) is 4.47 Å². The highest BCUT2D eigenvalue weighted by atomic mass is 79.9. The van der Waals surface area contributed by atoms with Crippen molar-refractivity contribution in [2.45, 2.75) is 50.5 Å². The summed E-state index contributed by atoms with van der Waals surface area (Å²) in [5, 5.41) is 10.3. The van der Waals surface area contributed by atoms with E-state index >= 15 is 0 Å². The molecule has 2 nitrogen and oxygen atoms in total. The van der Waals surface area contributed by atoms with Crippen LogP contribution in [0, 0.1) is 0 Å². The third kappa shape index (κ3) is 1.89. The molecule has 0 heterocycles. The second-order valence-corrected chi connectivity index (χ2v) is 6.23. The normalized spacial score (nSPS) is 21.8. The molecule has 0 aliphatic heterocycles. The fraction of sp³-hybridized carbons (Fsp3) is 0.571. The Morgan fingerprint density at radius 1 is 1.18 bits per heavy atom. The van der Waals surface area contributed by atoms with Crippen molar-refractivity contribution in [3.63, 3.8) is 0 Å². The van der Waals surface area contributed by atoms with Gasteiger partial charge in [-0.2, -0.15) is 0 Å². The molecule has 1 aromatic rings. The van der Waals surface area contributed by atoms with E-state index in [1.54, 1.807) is 0 Å². The first kappa shape index (κ1) is 11.5. The smallest absolute Gasteiger partial charge is 0.135 e. The number of rotatable bonds is 1. The molecule has 17 heavy (non-hydrogen) atoms. The fourth-order valence-corrected chi connectivity index (χ4v) is 3.47. The van der Waals surface area contributed by atoms with Crippen LogP contribution >= 0.6 is 15.9 Å². The predicted molar refractivity (Wildman–Crippen MR) is 72.2 cm³/mol. The summed E-state index contributed by atoms with van der Waals surface area (Å²) in [6.07, 6.45) is 7.93. The van der Waals surface area contributed by atoms with E-state index < -0.39 is 0 Å². The topological polar surface area (TPSA) is 46.2 Å². The van der Waals surface area contributed by atoms with Crippen molar-refractivity contribution >= 4 is 15.9 Å². The first-order chi connectivity index (χ1) is 8.12. The van der Waals surface area contributed by atoms with E-state index in [4.69, 9.17) is 5.73 Å². The second-order valence-electron chi connectivity index (χ2n) is 5.44. The van der Waals surface area contributed by atoms with Gasteiger partial charge in [0.1, 0.15) is 5.75 Å². The average molecular weight is 296 g/mol. The molecule has 0 unspecified atom stereocenters. The molecule has 1 fully saturated rings. The van der Waals surface area contributed by atoms with Crippen molar-refractivity contribution in [3.8, 4) is 5.75 Å². The Hall–Kier alpha value is -0.540. The zero-order valence-corrected chi connectivity index (χ0v) is 11.5. The van der Waals surface area contributed by atoms with Gasteiger partial charge in [0.2, 0.25) is 0 Å². The van der Waals surface area contributed by atoms with Gasteiger partial charge in [-0.1, -0.05) is 6.42 Å². The lowest BCUT2D eigenvalue weighted by Crippen LogP contribution is -2.19. The molecule has 3 rings (SSSR count). The van der Waals surface area contributed by atoms with Crippen molar-refractivity contribution in [1.29, 1.82) is 0 Å². The van der Waals surface area contributed by atoms with Crippen molar-refractivity contribution in [2.75, 3.05) is 0 Å². The van der Waals surface area contributed by atoms with Gasteiger partial charge in [-0.05, 0) is 71.6 Å². The molecule has 3 N–H and O–H groups in total. The fourth-order valence-electron chi connectivity index (χ4n) is 2.80. The Kier molecular flexibility index (Phi) is 2.71. The van der Waals surface area contributed by atoms with Crippen LogP contribution in [0.5, 0.6) is 5.75 Å². The Bertz CT molecular complexity index is 466. The molecule has 0 amide bonds. The van der Waals surface area contributed by atoms with Gasteiger partial charge in [0, 0.05) is 11.1 Å². The molecule has 0 aromatic heterocycles. The largest absolute Gasteiger partial charge is 0.506 e. The van der Waals surface area contributed by atoms with Crippen molar-refractivity contribution < 1.29 is 5.11 Å². The summed E-state index contributed by atoms with van der Waals surface area (Å²) in [5.74, 6) is 0.380. The van der Waals surface area contributed by atoms with Crippen LogP contribution in [0.4, 0.5) is 0 Å². The molecule has 0 bridgehead atoms. The monoisotopic (exact) mass is 295 g/mol. The van der Waals surface area contributed by atoms with Crippen LogP contribution in [0.15, 0.2) is 10.5 Å². The molecule has 2 aliphatic carbocycles. The molecule has 0 spiro atoms. The molecule has 1 aromatic carbocycles. The van der Waals surface area contributed by atoms with Crippen LogP contribution in [0.25, 0.3) is 0 Å². The van der Waals surface area contributed by atoms with Crippen LogP contribution < -0.4 is 5.73 Å². The lowest BCUT2D eigenvalue weighted by Gasteiger charge is -2.18. The van der Waals surface area contributed by atoms with Gasteiger partial charge in [0.25, 0.3) is 0 Å². The number of aromatic hydroxyl groups is 1. The van der Waals surface area contributed by atoms with Gasteiger partial charge in [-0.15, -0.1) is 0 Å². The number of hydrogen-bond donors (Lipinski definition) is 2. The molecule has 1 saturated carbocycles. The molecular weight excluding hydrogens is 278 g/mol. The number of phenols is 1. The first-order valence-electron chi connectivity index (χ1n) is 6.44. The highest BCUT2D eigenvalue weighted by Gasteiger charge is 2.43. The zero-order valence-electron chi connectivity index (χ0n) is 9.93. The standard InChI is InChI=1S/C14H18BrNO/c15-12-10-5-3-1-2-4-9(10)8-11(13(12)17)14(16)6-7-14/h8,17H,1-7,16H2. The SMILES string of the molecule is NC1(c2cc3c(c(Br)c2O)CCCCC3)CC1. The number of aryl methyl sites for hydroxylation is 1. The Balaban J connectivity index is 2.14. The van der Waals surface area contributed by atoms with Crippen LogP contribution in [-0.4, -0.2) is 5.11 Å². The summed E-state index contributed by atoms with van der Waals surface area (Å²) in [6.45, 7) is 0.